The molecule has 0 aliphatic heterocycles. The van der Waals surface area contributed by atoms with E-state index in [9.17, 15) is 9.59 Å². The fourth-order valence-corrected chi connectivity index (χ4v) is 1.21. The largest absolute Gasteiger partial charge is 0.348 e. The van der Waals surface area contributed by atoms with Crippen molar-refractivity contribution >= 4 is 11.7 Å². The minimum atomic E-state index is -0.280. The number of rotatable bonds is 3. The summed E-state index contributed by atoms with van der Waals surface area (Å²) in [6, 6.07) is 0. The van der Waals surface area contributed by atoms with E-state index in [-0.39, 0.29) is 24.2 Å². The first-order valence-corrected chi connectivity index (χ1v) is 4.90. The molecule has 1 amide bonds. The standard InChI is InChI=1S/C12H15NO2/c1-9-4-3-5-11(7-6-9)12(15)13-8-10(2)14/h3-7,11H,8H2,1-2H3,(H,13,15). The van der Waals surface area contributed by atoms with Crippen LogP contribution >= 0.6 is 0 Å². The van der Waals surface area contributed by atoms with E-state index in [0.717, 1.165) is 5.57 Å². The van der Waals surface area contributed by atoms with Gasteiger partial charge in [-0.15, -0.1) is 0 Å². The van der Waals surface area contributed by atoms with Gasteiger partial charge in [0.15, 0.2) is 0 Å². The van der Waals surface area contributed by atoms with E-state index in [1.165, 1.54) is 6.92 Å². The van der Waals surface area contributed by atoms with Gasteiger partial charge in [0.1, 0.15) is 5.78 Å². The predicted molar refractivity (Wildman–Crippen MR) is 59.2 cm³/mol. The average molecular weight is 205 g/mol. The van der Waals surface area contributed by atoms with Crippen molar-refractivity contribution in [2.45, 2.75) is 13.8 Å². The summed E-state index contributed by atoms with van der Waals surface area (Å²) in [6.07, 6.45) is 9.33. The van der Waals surface area contributed by atoms with Gasteiger partial charge in [-0.2, -0.15) is 0 Å². The second-order valence-corrected chi connectivity index (χ2v) is 3.60. The Morgan fingerprint density at radius 2 is 2.13 bits per heavy atom. The van der Waals surface area contributed by atoms with E-state index in [4.69, 9.17) is 0 Å². The molecule has 0 spiro atoms. The highest BCUT2D eigenvalue weighted by Gasteiger charge is 2.12. The minimum absolute atomic E-state index is 0.0424. The molecular weight excluding hydrogens is 190 g/mol. The van der Waals surface area contributed by atoms with E-state index in [1.807, 2.05) is 37.3 Å². The molecule has 1 unspecified atom stereocenters. The van der Waals surface area contributed by atoms with Gasteiger partial charge in [-0.25, -0.2) is 0 Å². The first kappa shape index (κ1) is 11.4. The van der Waals surface area contributed by atoms with E-state index in [2.05, 4.69) is 5.32 Å². The normalized spacial score (nSPS) is 19.3. The van der Waals surface area contributed by atoms with Crippen LogP contribution in [0.1, 0.15) is 13.8 Å². The smallest absolute Gasteiger partial charge is 0.231 e. The zero-order chi connectivity index (χ0) is 11.3. The molecule has 1 N–H and O–H groups in total. The van der Waals surface area contributed by atoms with Crippen molar-refractivity contribution < 1.29 is 9.59 Å². The van der Waals surface area contributed by atoms with Crippen molar-refractivity contribution in [3.8, 4) is 0 Å². The molecule has 1 aliphatic carbocycles. The number of hydrogen-bond acceptors (Lipinski definition) is 2. The summed E-state index contributed by atoms with van der Waals surface area (Å²) in [5, 5.41) is 2.58. The van der Waals surface area contributed by atoms with Crippen LogP contribution in [0.4, 0.5) is 0 Å². The summed E-state index contributed by atoms with van der Waals surface area (Å²) in [5.74, 6) is -0.460. The molecule has 0 aromatic rings. The van der Waals surface area contributed by atoms with Crippen LogP contribution in [0, 0.1) is 5.92 Å². The van der Waals surface area contributed by atoms with Crippen LogP contribution in [0.25, 0.3) is 0 Å². The topological polar surface area (TPSA) is 46.2 Å². The van der Waals surface area contributed by atoms with Crippen molar-refractivity contribution in [3.63, 3.8) is 0 Å². The maximum Gasteiger partial charge on any atom is 0.231 e. The van der Waals surface area contributed by atoms with Crippen LogP contribution in [0.15, 0.2) is 36.0 Å². The number of carbonyl (C=O) groups is 2. The fraction of sp³-hybridized carbons (Fsp3) is 0.333. The molecule has 1 rings (SSSR count). The molecule has 1 aliphatic rings. The lowest BCUT2D eigenvalue weighted by molar-refractivity contribution is -0.125. The Kier molecular flexibility index (Phi) is 4.03. The highest BCUT2D eigenvalue weighted by Crippen LogP contribution is 2.09. The molecule has 3 heteroatoms. The number of hydrogen-bond donors (Lipinski definition) is 1. The Balaban J connectivity index is 2.55. The van der Waals surface area contributed by atoms with Gasteiger partial charge >= 0.3 is 0 Å². The molecule has 15 heavy (non-hydrogen) atoms. The number of Topliss-reactive ketones (excluding diaryl/α,β-unsaturated/α-hetero) is 1. The van der Waals surface area contributed by atoms with Gasteiger partial charge in [0, 0.05) is 0 Å². The highest BCUT2D eigenvalue weighted by molar-refractivity contribution is 5.87. The molecule has 0 aromatic heterocycles. The summed E-state index contributed by atoms with van der Waals surface area (Å²) in [6.45, 7) is 3.52. The van der Waals surface area contributed by atoms with Crippen LogP contribution < -0.4 is 5.32 Å². The highest BCUT2D eigenvalue weighted by atomic mass is 16.2. The van der Waals surface area contributed by atoms with Crippen molar-refractivity contribution in [2.24, 2.45) is 5.92 Å². The Morgan fingerprint density at radius 1 is 1.40 bits per heavy atom. The molecule has 0 radical (unpaired) electrons. The molecule has 1 atom stereocenters. The second kappa shape index (κ2) is 5.29. The summed E-state index contributed by atoms with van der Waals surface area (Å²) >= 11 is 0. The lowest BCUT2D eigenvalue weighted by atomic mass is 10.1. The first-order valence-electron chi connectivity index (χ1n) is 4.90. The lowest BCUT2D eigenvalue weighted by Gasteiger charge is -2.07. The average Bonchev–Trinajstić information content (AvgIpc) is 2.39. The third kappa shape index (κ3) is 3.94. The van der Waals surface area contributed by atoms with Crippen molar-refractivity contribution in [1.29, 1.82) is 0 Å². The molecular formula is C12H15NO2. The maximum absolute atomic E-state index is 11.6. The minimum Gasteiger partial charge on any atom is -0.348 e. The fourth-order valence-electron chi connectivity index (χ4n) is 1.21. The zero-order valence-electron chi connectivity index (χ0n) is 8.99. The Hall–Kier alpha value is -1.64. The van der Waals surface area contributed by atoms with Crippen LogP contribution in [-0.4, -0.2) is 18.2 Å². The number of ketones is 1. The molecule has 0 saturated heterocycles. The molecule has 0 aromatic carbocycles. The third-order valence-corrected chi connectivity index (χ3v) is 2.06. The predicted octanol–water partition coefficient (Wildman–Crippen LogP) is 1.38. The monoisotopic (exact) mass is 205 g/mol. The number of amides is 1. The Labute approximate surface area is 89.6 Å². The summed E-state index contributed by atoms with van der Waals surface area (Å²) in [5.41, 5.74) is 1.10. The second-order valence-electron chi connectivity index (χ2n) is 3.60. The third-order valence-electron chi connectivity index (χ3n) is 2.06. The summed E-state index contributed by atoms with van der Waals surface area (Å²) < 4.78 is 0. The van der Waals surface area contributed by atoms with Gasteiger partial charge < -0.3 is 5.32 Å². The van der Waals surface area contributed by atoms with E-state index >= 15 is 0 Å². The van der Waals surface area contributed by atoms with E-state index < -0.39 is 0 Å². The van der Waals surface area contributed by atoms with Crippen molar-refractivity contribution in [2.75, 3.05) is 6.54 Å². The lowest BCUT2D eigenvalue weighted by Crippen LogP contribution is -2.32. The van der Waals surface area contributed by atoms with Gasteiger partial charge in [-0.1, -0.05) is 36.0 Å². The molecule has 0 saturated carbocycles. The molecule has 80 valence electrons. The van der Waals surface area contributed by atoms with Crippen molar-refractivity contribution in [1.82, 2.24) is 5.32 Å². The Bertz CT molecular complexity index is 351. The van der Waals surface area contributed by atoms with Crippen LogP contribution in [0.5, 0.6) is 0 Å². The molecule has 0 fully saturated rings. The molecule has 3 nitrogen and oxygen atoms in total. The van der Waals surface area contributed by atoms with Crippen LogP contribution in [-0.2, 0) is 9.59 Å². The maximum atomic E-state index is 11.6. The van der Waals surface area contributed by atoms with Gasteiger partial charge in [-0.05, 0) is 13.8 Å². The van der Waals surface area contributed by atoms with Crippen LogP contribution in [0.3, 0.4) is 0 Å². The van der Waals surface area contributed by atoms with E-state index in [0.29, 0.717) is 0 Å². The van der Waals surface area contributed by atoms with Gasteiger partial charge in [0.05, 0.1) is 12.5 Å². The van der Waals surface area contributed by atoms with Gasteiger partial charge in [0.2, 0.25) is 5.91 Å². The molecule has 0 heterocycles. The first-order chi connectivity index (χ1) is 7.09. The van der Waals surface area contributed by atoms with Crippen LogP contribution in [0.2, 0.25) is 0 Å². The summed E-state index contributed by atoms with van der Waals surface area (Å²) in [7, 11) is 0. The quantitative estimate of drug-likeness (QED) is 0.756. The zero-order valence-corrected chi connectivity index (χ0v) is 8.99. The van der Waals surface area contributed by atoms with Crippen molar-refractivity contribution in [3.05, 3.63) is 36.0 Å². The SMILES string of the molecule is CC(=O)CNC(=O)C1C=CC=C(C)C=C1. The number of carbonyl (C=O) groups excluding carboxylic acids is 2. The molecule has 0 bridgehead atoms. The Morgan fingerprint density at radius 3 is 2.80 bits per heavy atom. The summed E-state index contributed by atoms with van der Waals surface area (Å²) in [4.78, 5) is 22.3. The van der Waals surface area contributed by atoms with Gasteiger partial charge in [0.25, 0.3) is 0 Å². The van der Waals surface area contributed by atoms with E-state index in [1.54, 1.807) is 0 Å². The number of allylic oxidation sites excluding steroid dienone is 4. The van der Waals surface area contributed by atoms with Gasteiger partial charge in [-0.3, -0.25) is 9.59 Å². The number of nitrogens with one attached hydrogen (secondary N) is 1.